The molecule has 0 aliphatic rings. The van der Waals surface area contributed by atoms with Crippen molar-refractivity contribution in [3.05, 3.63) is 28.2 Å². The van der Waals surface area contributed by atoms with E-state index in [0.29, 0.717) is 0 Å². The molecule has 0 unspecified atom stereocenters. The van der Waals surface area contributed by atoms with Crippen LogP contribution in [0.1, 0.15) is 31.7 Å². The van der Waals surface area contributed by atoms with Crippen LogP contribution in [-0.4, -0.2) is 4.98 Å². The highest BCUT2D eigenvalue weighted by Crippen LogP contribution is 2.14. The third-order valence-electron chi connectivity index (χ3n) is 1.01. The zero-order chi connectivity index (χ0) is 16.9. The minimum Gasteiger partial charge on any atom is -0.225 e. The van der Waals surface area contributed by atoms with Gasteiger partial charge in [-0.25, -0.2) is 4.98 Å². The number of aromatic nitrogens is 1. The van der Waals surface area contributed by atoms with Gasteiger partial charge in [0.15, 0.2) is 0 Å². The topological polar surface area (TPSA) is 12.9 Å². The van der Waals surface area contributed by atoms with Crippen LogP contribution < -0.4 is 0 Å². The number of rotatable bonds is 2. The summed E-state index contributed by atoms with van der Waals surface area (Å²) in [5, 5.41) is 0. The number of hydrogen-bond donors (Lipinski definition) is 0. The molecule has 0 fully saturated rings. The van der Waals surface area contributed by atoms with Crippen molar-refractivity contribution in [2.75, 3.05) is 0 Å². The molecule has 0 saturated heterocycles. The summed E-state index contributed by atoms with van der Waals surface area (Å²) in [5.41, 5.74) is -0.781. The Morgan fingerprint density at radius 1 is 1.83 bits per heavy atom. The van der Waals surface area contributed by atoms with Gasteiger partial charge in [0.05, 0.1) is 0 Å². The maximum atomic E-state index is 13.3. The van der Waals surface area contributed by atoms with Gasteiger partial charge in [-0.2, -0.15) is 4.39 Å². The molecule has 66 valence electrons. The summed E-state index contributed by atoms with van der Waals surface area (Å²) in [6, 6.07) is 1.85. The Bertz CT molecular complexity index is 505. The summed E-state index contributed by atoms with van der Waals surface area (Å²) in [6.07, 6.45) is -3.24. The molecule has 1 aromatic heterocycles. The summed E-state index contributed by atoms with van der Waals surface area (Å²) < 4.78 is 80.4. The lowest BCUT2D eigenvalue weighted by molar-refractivity contribution is 0.561. The first kappa shape index (κ1) is 3.05. The molecule has 0 saturated carbocycles. The average Bonchev–Trinajstić information content (AvgIpc) is 2.23. The smallest absolute Gasteiger partial charge is 0.214 e. The Balaban J connectivity index is 3.63. The Morgan fingerprint density at radius 2 is 2.58 bits per heavy atom. The highest BCUT2D eigenvalue weighted by molar-refractivity contribution is 9.10. The molecule has 0 aromatic carbocycles. The fourth-order valence-corrected chi connectivity index (χ4v) is 1.06. The van der Waals surface area contributed by atoms with Crippen molar-refractivity contribution in [2.24, 2.45) is 5.89 Å². The third kappa shape index (κ3) is 2.89. The van der Waals surface area contributed by atoms with Gasteiger partial charge in [0.1, 0.15) is 0 Å². The van der Waals surface area contributed by atoms with Crippen LogP contribution in [0.5, 0.6) is 0 Å². The van der Waals surface area contributed by atoms with E-state index in [1.165, 1.54) is 0 Å². The fourth-order valence-electron chi connectivity index (χ4n) is 0.658. The second kappa shape index (κ2) is 3.99. The van der Waals surface area contributed by atoms with Gasteiger partial charge >= 0.3 is 0 Å². The second-order valence-corrected chi connectivity index (χ2v) is 2.91. The van der Waals surface area contributed by atoms with E-state index in [2.05, 4.69) is 20.9 Å². The Hall–Kier alpha value is -0.440. The Kier molecular flexibility index (Phi) is 1.01. The van der Waals surface area contributed by atoms with Crippen molar-refractivity contribution < 1.29 is 16.7 Å². The SMILES string of the molecule is [2H]C([2H])([2H])C([2H])(C([2H])([2H])[2H])C([2H])([2H])c1cc(Br)cc(F)n1. The Morgan fingerprint density at radius 3 is 3.17 bits per heavy atom. The van der Waals surface area contributed by atoms with Crippen LogP contribution in [0.4, 0.5) is 4.39 Å². The predicted molar refractivity (Wildman–Crippen MR) is 50.4 cm³/mol. The molecule has 0 radical (unpaired) electrons. The quantitative estimate of drug-likeness (QED) is 0.724. The molecule has 12 heavy (non-hydrogen) atoms. The van der Waals surface area contributed by atoms with Crippen LogP contribution in [0, 0.1) is 11.8 Å². The van der Waals surface area contributed by atoms with Crippen LogP contribution >= 0.6 is 15.9 Å². The van der Waals surface area contributed by atoms with Gasteiger partial charge in [-0.3, -0.25) is 0 Å². The van der Waals surface area contributed by atoms with Gasteiger partial charge in [-0.15, -0.1) is 0 Å². The largest absolute Gasteiger partial charge is 0.225 e. The number of pyridine rings is 1. The van der Waals surface area contributed by atoms with Gasteiger partial charge in [-0.1, -0.05) is 29.6 Å². The minimum atomic E-state index is -3.51. The number of hydrogen-bond acceptors (Lipinski definition) is 1. The van der Waals surface area contributed by atoms with E-state index in [1.807, 2.05) is 0 Å². The van der Waals surface area contributed by atoms with Crippen molar-refractivity contribution >= 4 is 15.9 Å². The van der Waals surface area contributed by atoms with E-state index in [4.69, 9.17) is 12.3 Å². The molecule has 1 nitrogen and oxygen atoms in total. The van der Waals surface area contributed by atoms with E-state index in [9.17, 15) is 4.39 Å². The van der Waals surface area contributed by atoms with E-state index in [-0.39, 0.29) is 4.47 Å². The van der Waals surface area contributed by atoms with E-state index >= 15 is 0 Å². The molecule has 0 aliphatic carbocycles. The second-order valence-electron chi connectivity index (χ2n) is 1.99. The molecule has 0 spiro atoms. The normalized spacial score (nSPS) is 26.0. The van der Waals surface area contributed by atoms with Crippen LogP contribution in [0.25, 0.3) is 0 Å². The first-order chi connectivity index (χ1) is 9.14. The molecule has 0 atom stereocenters. The lowest BCUT2D eigenvalue weighted by atomic mass is 10.1. The number of nitrogens with zero attached hydrogens (tertiary/aromatic N) is 1. The first-order valence-electron chi connectivity index (χ1n) is 7.48. The summed E-state index contributed by atoms with van der Waals surface area (Å²) in [4.78, 5) is 3.21. The molecule has 1 rings (SSSR count). The van der Waals surface area contributed by atoms with Crippen LogP contribution in [-0.2, 0) is 6.37 Å². The summed E-state index contributed by atoms with van der Waals surface area (Å²) in [6.45, 7) is -6.97. The molecule has 0 bridgehead atoms. The van der Waals surface area contributed by atoms with Crippen molar-refractivity contribution in [1.82, 2.24) is 4.98 Å². The zero-order valence-corrected chi connectivity index (χ0v) is 7.44. The summed E-state index contributed by atoms with van der Waals surface area (Å²) in [5.74, 6) is -4.63. The molecule has 0 aliphatic heterocycles. The molecule has 3 heteroatoms. The van der Waals surface area contributed by atoms with Crippen LogP contribution in [0.3, 0.4) is 0 Å². The molecule has 0 N–H and O–H groups in total. The lowest BCUT2D eigenvalue weighted by Crippen LogP contribution is -1.98. The standard InChI is InChI=1S/C9H11BrFN/c1-6(2)3-8-4-7(10)5-9(11)12-8/h4-6H,3H2,1-2H3/i1D3,2D3,3D2,6D. The van der Waals surface area contributed by atoms with E-state index < -0.39 is 37.6 Å². The molecule has 1 aromatic rings. The molecule has 1 heterocycles. The van der Waals surface area contributed by atoms with Crippen molar-refractivity contribution in [2.45, 2.75) is 20.1 Å². The van der Waals surface area contributed by atoms with Crippen LogP contribution in [0.15, 0.2) is 16.6 Å². The summed E-state index contributed by atoms with van der Waals surface area (Å²) >= 11 is 2.88. The van der Waals surface area contributed by atoms with Crippen molar-refractivity contribution in [1.29, 1.82) is 0 Å². The monoisotopic (exact) mass is 240 g/mol. The molecule has 0 amide bonds. The average molecular weight is 241 g/mol. The maximum Gasteiger partial charge on any atom is 0.214 e. The van der Waals surface area contributed by atoms with Crippen molar-refractivity contribution in [3.8, 4) is 0 Å². The highest BCUT2D eigenvalue weighted by atomic mass is 79.9. The van der Waals surface area contributed by atoms with Gasteiger partial charge in [0.2, 0.25) is 5.95 Å². The highest BCUT2D eigenvalue weighted by Gasteiger charge is 2.02. The molecular weight excluding hydrogens is 221 g/mol. The van der Waals surface area contributed by atoms with E-state index in [1.54, 1.807) is 0 Å². The third-order valence-corrected chi connectivity index (χ3v) is 1.47. The first-order valence-corrected chi connectivity index (χ1v) is 3.77. The Labute approximate surface area is 92.8 Å². The van der Waals surface area contributed by atoms with Crippen LogP contribution in [0.2, 0.25) is 0 Å². The number of halogens is 2. The maximum absolute atomic E-state index is 13.3. The van der Waals surface area contributed by atoms with Crippen molar-refractivity contribution in [3.63, 3.8) is 0 Å². The van der Waals surface area contributed by atoms with Gasteiger partial charge in [0.25, 0.3) is 0 Å². The van der Waals surface area contributed by atoms with E-state index in [0.717, 1.165) is 12.1 Å². The summed E-state index contributed by atoms with van der Waals surface area (Å²) in [7, 11) is 0. The predicted octanol–water partition coefficient (Wildman–Crippen LogP) is 3.18. The molecular formula is C9H11BrFN. The fraction of sp³-hybridized carbons (Fsp3) is 0.444. The van der Waals surface area contributed by atoms with Gasteiger partial charge < -0.3 is 0 Å². The van der Waals surface area contributed by atoms with Gasteiger partial charge in [-0.05, 0) is 18.3 Å². The lowest BCUT2D eigenvalue weighted by Gasteiger charge is -2.03. The zero-order valence-electron chi connectivity index (χ0n) is 14.9. The van der Waals surface area contributed by atoms with Gasteiger partial charge in [0, 0.05) is 28.6 Å². The minimum absolute atomic E-state index is 0.0484.